The summed E-state index contributed by atoms with van der Waals surface area (Å²) in [6, 6.07) is 14.3. The Balaban J connectivity index is 1.73. The van der Waals surface area contributed by atoms with E-state index in [0.717, 1.165) is 23.2 Å². The van der Waals surface area contributed by atoms with Gasteiger partial charge >= 0.3 is 0 Å². The summed E-state index contributed by atoms with van der Waals surface area (Å²) in [5, 5.41) is 0. The third-order valence-electron chi connectivity index (χ3n) is 4.29. The minimum atomic E-state index is -0.263. The van der Waals surface area contributed by atoms with Crippen molar-refractivity contribution < 1.29 is 13.9 Å². The number of hydrogen-bond acceptors (Lipinski definition) is 2. The van der Waals surface area contributed by atoms with E-state index in [1.165, 1.54) is 12.1 Å². The normalized spacial score (nSPS) is 17.0. The van der Waals surface area contributed by atoms with E-state index in [2.05, 4.69) is 0 Å². The fourth-order valence-corrected chi connectivity index (χ4v) is 3.11. The van der Waals surface area contributed by atoms with Gasteiger partial charge in [0.05, 0.1) is 6.10 Å². The van der Waals surface area contributed by atoms with E-state index in [1.807, 2.05) is 35.2 Å². The van der Waals surface area contributed by atoms with Crippen molar-refractivity contribution in [3.63, 3.8) is 0 Å². The van der Waals surface area contributed by atoms with Crippen LogP contribution in [0.15, 0.2) is 48.5 Å². The fraction of sp³-hybridized carbons (Fsp3) is 0.316. The third kappa shape index (κ3) is 3.42. The Labute approximate surface area is 135 Å². The number of para-hydroxylation sites is 1. The first kappa shape index (κ1) is 15.7. The number of nitrogens with zero attached hydrogens (tertiary/aromatic N) is 1. The molecule has 1 atom stereocenters. The van der Waals surface area contributed by atoms with Gasteiger partial charge in [-0.05, 0) is 36.6 Å². The summed E-state index contributed by atoms with van der Waals surface area (Å²) in [6.07, 6.45) is 1.75. The van der Waals surface area contributed by atoms with E-state index >= 15 is 0 Å². The molecule has 1 aliphatic rings. The zero-order valence-electron chi connectivity index (χ0n) is 13.2. The van der Waals surface area contributed by atoms with Gasteiger partial charge in [0.25, 0.3) is 0 Å². The van der Waals surface area contributed by atoms with Crippen LogP contribution in [-0.2, 0) is 16.0 Å². The molecule has 120 valence electrons. The van der Waals surface area contributed by atoms with Gasteiger partial charge in [0.15, 0.2) is 0 Å². The average Bonchev–Trinajstić information content (AvgIpc) is 2.58. The van der Waals surface area contributed by atoms with E-state index < -0.39 is 0 Å². The summed E-state index contributed by atoms with van der Waals surface area (Å²) in [5.41, 5.74) is 2.83. The standard InChI is InChI=1S/C19H20FNO2/c1-23-18-11-12-21(17-8-3-2-7-16(17)18)19(22)10-9-14-5-4-6-15(20)13-14/h2-8,13,18H,9-12H2,1H3. The van der Waals surface area contributed by atoms with Crippen LogP contribution in [0.25, 0.3) is 0 Å². The van der Waals surface area contributed by atoms with Crippen LogP contribution in [0.4, 0.5) is 10.1 Å². The molecule has 4 heteroatoms. The molecule has 1 aliphatic heterocycles. The van der Waals surface area contributed by atoms with E-state index in [1.54, 1.807) is 13.2 Å². The number of methoxy groups -OCH3 is 1. The number of benzene rings is 2. The lowest BCUT2D eigenvalue weighted by Crippen LogP contribution is -2.37. The second-order valence-corrected chi connectivity index (χ2v) is 5.75. The molecule has 0 N–H and O–H groups in total. The van der Waals surface area contributed by atoms with Crippen molar-refractivity contribution in [2.24, 2.45) is 0 Å². The number of halogens is 1. The molecule has 0 spiro atoms. The highest BCUT2D eigenvalue weighted by Crippen LogP contribution is 2.35. The number of hydrogen-bond donors (Lipinski definition) is 0. The molecule has 1 unspecified atom stereocenters. The van der Waals surface area contributed by atoms with Crippen LogP contribution < -0.4 is 4.90 Å². The van der Waals surface area contributed by atoms with E-state index in [-0.39, 0.29) is 17.8 Å². The molecule has 0 saturated carbocycles. The van der Waals surface area contributed by atoms with Crippen LogP contribution in [0.3, 0.4) is 0 Å². The lowest BCUT2D eigenvalue weighted by atomic mass is 9.98. The smallest absolute Gasteiger partial charge is 0.227 e. The molecule has 2 aromatic carbocycles. The molecule has 0 bridgehead atoms. The summed E-state index contributed by atoms with van der Waals surface area (Å²) in [4.78, 5) is 14.4. The number of fused-ring (bicyclic) bond motifs is 1. The zero-order chi connectivity index (χ0) is 16.2. The number of rotatable bonds is 4. The predicted molar refractivity (Wildman–Crippen MR) is 87.9 cm³/mol. The van der Waals surface area contributed by atoms with Crippen molar-refractivity contribution in [2.45, 2.75) is 25.4 Å². The van der Waals surface area contributed by atoms with Crippen LogP contribution in [0.2, 0.25) is 0 Å². The first-order valence-corrected chi connectivity index (χ1v) is 7.85. The summed E-state index contributed by atoms with van der Waals surface area (Å²) in [5.74, 6) is -0.197. The van der Waals surface area contributed by atoms with Crippen molar-refractivity contribution in [2.75, 3.05) is 18.6 Å². The van der Waals surface area contributed by atoms with Crippen molar-refractivity contribution in [1.82, 2.24) is 0 Å². The molecule has 1 heterocycles. The van der Waals surface area contributed by atoms with Gasteiger partial charge < -0.3 is 9.64 Å². The van der Waals surface area contributed by atoms with Crippen LogP contribution in [0.5, 0.6) is 0 Å². The maximum Gasteiger partial charge on any atom is 0.227 e. The topological polar surface area (TPSA) is 29.5 Å². The second kappa shape index (κ2) is 6.92. The number of aryl methyl sites for hydroxylation is 1. The number of ether oxygens (including phenoxy) is 1. The van der Waals surface area contributed by atoms with E-state index in [9.17, 15) is 9.18 Å². The van der Waals surface area contributed by atoms with Gasteiger partial charge in [-0.1, -0.05) is 30.3 Å². The molecule has 2 aromatic rings. The average molecular weight is 313 g/mol. The monoisotopic (exact) mass is 313 g/mol. The fourth-order valence-electron chi connectivity index (χ4n) is 3.11. The molecule has 23 heavy (non-hydrogen) atoms. The Kier molecular flexibility index (Phi) is 4.72. The number of amides is 1. The number of carbonyl (C=O) groups is 1. The number of anilines is 1. The minimum absolute atomic E-state index is 0.0402. The van der Waals surface area contributed by atoms with Crippen LogP contribution in [0.1, 0.15) is 30.1 Å². The van der Waals surface area contributed by atoms with Crippen molar-refractivity contribution in [3.8, 4) is 0 Å². The van der Waals surface area contributed by atoms with Gasteiger partial charge in [0, 0.05) is 31.3 Å². The molecule has 1 amide bonds. The van der Waals surface area contributed by atoms with Gasteiger partial charge in [0.1, 0.15) is 5.82 Å². The quantitative estimate of drug-likeness (QED) is 0.857. The lowest BCUT2D eigenvalue weighted by molar-refractivity contribution is -0.118. The Morgan fingerprint density at radius 3 is 2.87 bits per heavy atom. The molecule has 0 radical (unpaired) electrons. The Morgan fingerprint density at radius 2 is 2.09 bits per heavy atom. The van der Waals surface area contributed by atoms with Gasteiger partial charge in [-0.3, -0.25) is 4.79 Å². The van der Waals surface area contributed by atoms with Crippen molar-refractivity contribution in [3.05, 3.63) is 65.5 Å². The molecule has 0 aliphatic carbocycles. The Hall–Kier alpha value is -2.20. The summed E-state index contributed by atoms with van der Waals surface area (Å²) in [6.45, 7) is 0.650. The highest BCUT2D eigenvalue weighted by molar-refractivity contribution is 5.94. The van der Waals surface area contributed by atoms with Gasteiger partial charge in [-0.25, -0.2) is 4.39 Å². The van der Waals surface area contributed by atoms with E-state index in [0.29, 0.717) is 19.4 Å². The Morgan fingerprint density at radius 1 is 1.26 bits per heavy atom. The number of carbonyl (C=O) groups excluding carboxylic acids is 1. The molecule has 3 nitrogen and oxygen atoms in total. The molecular weight excluding hydrogens is 293 g/mol. The highest BCUT2D eigenvalue weighted by Gasteiger charge is 2.27. The Bertz CT molecular complexity index is 701. The van der Waals surface area contributed by atoms with Crippen LogP contribution >= 0.6 is 0 Å². The second-order valence-electron chi connectivity index (χ2n) is 5.75. The summed E-state index contributed by atoms with van der Waals surface area (Å²) >= 11 is 0. The third-order valence-corrected chi connectivity index (χ3v) is 4.29. The molecule has 3 rings (SSSR count). The summed E-state index contributed by atoms with van der Waals surface area (Å²) in [7, 11) is 1.70. The van der Waals surface area contributed by atoms with Crippen LogP contribution in [-0.4, -0.2) is 19.6 Å². The van der Waals surface area contributed by atoms with Gasteiger partial charge in [0.2, 0.25) is 5.91 Å². The zero-order valence-corrected chi connectivity index (χ0v) is 13.2. The summed E-state index contributed by atoms with van der Waals surface area (Å²) < 4.78 is 18.7. The molecule has 0 fully saturated rings. The maximum atomic E-state index is 13.2. The first-order chi connectivity index (χ1) is 11.2. The van der Waals surface area contributed by atoms with E-state index in [4.69, 9.17) is 4.74 Å². The van der Waals surface area contributed by atoms with Crippen molar-refractivity contribution in [1.29, 1.82) is 0 Å². The maximum absolute atomic E-state index is 13.2. The highest BCUT2D eigenvalue weighted by atomic mass is 19.1. The molecular formula is C19H20FNO2. The van der Waals surface area contributed by atoms with Crippen molar-refractivity contribution >= 4 is 11.6 Å². The molecule has 0 aromatic heterocycles. The van der Waals surface area contributed by atoms with Gasteiger partial charge in [-0.2, -0.15) is 0 Å². The largest absolute Gasteiger partial charge is 0.377 e. The SMILES string of the molecule is COC1CCN(C(=O)CCc2cccc(F)c2)c2ccccc21. The van der Waals surface area contributed by atoms with Gasteiger partial charge in [-0.15, -0.1) is 0 Å². The minimum Gasteiger partial charge on any atom is -0.377 e. The molecule has 0 saturated heterocycles. The first-order valence-electron chi connectivity index (χ1n) is 7.85. The van der Waals surface area contributed by atoms with Crippen LogP contribution in [0, 0.1) is 5.82 Å². The predicted octanol–water partition coefficient (Wildman–Crippen LogP) is 3.88. The lowest BCUT2D eigenvalue weighted by Gasteiger charge is -2.33.